The largest absolute Gasteiger partial charge is 0.461 e. The number of aromatic nitrogens is 2. The van der Waals surface area contributed by atoms with E-state index in [-0.39, 0.29) is 5.91 Å². The number of nitrogens with one attached hydrogen (secondary N) is 2. The number of carbonyl (C=O) groups is 1. The lowest BCUT2D eigenvalue weighted by Gasteiger charge is -2.03. The molecule has 0 aliphatic rings. The summed E-state index contributed by atoms with van der Waals surface area (Å²) in [5, 5.41) is 11.6. The molecule has 108 valence electrons. The van der Waals surface area contributed by atoms with Gasteiger partial charge in [0, 0.05) is 16.5 Å². The van der Waals surface area contributed by atoms with Crippen molar-refractivity contribution in [3.05, 3.63) is 60.0 Å². The molecule has 0 aliphatic heterocycles. The van der Waals surface area contributed by atoms with Gasteiger partial charge in [0.2, 0.25) is 0 Å². The number of carbonyl (C=O) groups excluding carboxylic acids is 1. The van der Waals surface area contributed by atoms with E-state index in [0.29, 0.717) is 11.4 Å². The summed E-state index contributed by atoms with van der Waals surface area (Å²) >= 11 is 0. The van der Waals surface area contributed by atoms with Crippen LogP contribution in [0.3, 0.4) is 0 Å². The number of furan rings is 1. The lowest BCUT2D eigenvalue weighted by atomic mass is 10.2. The lowest BCUT2D eigenvalue weighted by molar-refractivity contribution is 0.102. The van der Waals surface area contributed by atoms with Crippen molar-refractivity contribution >= 4 is 33.5 Å². The molecule has 0 saturated carbocycles. The second-order valence-corrected chi connectivity index (χ2v) is 5.18. The number of aromatic amines is 1. The highest BCUT2D eigenvalue weighted by atomic mass is 16.3. The first-order chi connectivity index (χ1) is 10.7. The Balaban J connectivity index is 1.67. The van der Waals surface area contributed by atoms with Crippen LogP contribution in [0.5, 0.6) is 0 Å². The van der Waals surface area contributed by atoms with Gasteiger partial charge in [-0.05, 0) is 37.3 Å². The average molecular weight is 291 g/mol. The first-order valence-electron chi connectivity index (χ1n) is 6.95. The molecule has 2 aromatic carbocycles. The molecule has 1 amide bonds. The topological polar surface area (TPSA) is 70.9 Å². The van der Waals surface area contributed by atoms with Gasteiger partial charge in [-0.25, -0.2) is 0 Å². The zero-order chi connectivity index (χ0) is 15.1. The molecule has 0 atom stereocenters. The zero-order valence-electron chi connectivity index (χ0n) is 11.9. The van der Waals surface area contributed by atoms with Crippen molar-refractivity contribution < 1.29 is 9.21 Å². The Labute approximate surface area is 125 Å². The molecule has 5 nitrogen and oxygen atoms in total. The van der Waals surface area contributed by atoms with Crippen LogP contribution in [-0.4, -0.2) is 16.1 Å². The molecular formula is C17H13N3O2. The highest BCUT2D eigenvalue weighted by Crippen LogP contribution is 2.23. The van der Waals surface area contributed by atoms with Gasteiger partial charge in [0.15, 0.2) is 5.69 Å². The molecule has 2 N–H and O–H groups in total. The van der Waals surface area contributed by atoms with Crippen LogP contribution in [0.25, 0.3) is 21.9 Å². The number of hydrogen-bond donors (Lipinski definition) is 2. The molecule has 0 fully saturated rings. The van der Waals surface area contributed by atoms with Crippen molar-refractivity contribution in [1.29, 1.82) is 0 Å². The van der Waals surface area contributed by atoms with Crippen LogP contribution in [0.1, 0.15) is 16.2 Å². The summed E-state index contributed by atoms with van der Waals surface area (Å²) in [6.45, 7) is 1.90. The molecule has 0 spiro atoms. The van der Waals surface area contributed by atoms with E-state index in [4.69, 9.17) is 4.42 Å². The van der Waals surface area contributed by atoms with Crippen LogP contribution in [0.2, 0.25) is 0 Å². The number of aryl methyl sites for hydroxylation is 1. The molecule has 2 heterocycles. The fourth-order valence-electron chi connectivity index (χ4n) is 2.58. The minimum Gasteiger partial charge on any atom is -0.461 e. The van der Waals surface area contributed by atoms with Crippen LogP contribution in [-0.2, 0) is 0 Å². The minimum absolute atomic E-state index is 0.239. The third-order valence-corrected chi connectivity index (χ3v) is 3.58. The summed E-state index contributed by atoms with van der Waals surface area (Å²) in [7, 11) is 0. The predicted octanol–water partition coefficient (Wildman–Crippen LogP) is 3.87. The first-order valence-corrected chi connectivity index (χ1v) is 6.95. The maximum Gasteiger partial charge on any atom is 0.276 e. The molecule has 5 heteroatoms. The van der Waals surface area contributed by atoms with Crippen molar-refractivity contribution in [1.82, 2.24) is 10.2 Å². The Morgan fingerprint density at radius 1 is 1.18 bits per heavy atom. The molecule has 0 bridgehead atoms. The summed E-state index contributed by atoms with van der Waals surface area (Å²) in [5.74, 6) is 0.605. The minimum atomic E-state index is -0.239. The summed E-state index contributed by atoms with van der Waals surface area (Å²) < 4.78 is 5.53. The average Bonchev–Trinajstić information content (AvgIpc) is 3.09. The maximum absolute atomic E-state index is 12.4. The standard InChI is InChI=1S/C17H13N3O2/c1-10-8-11-9-12(6-7-15(11)22-10)18-17(21)16-13-4-2-3-5-14(13)19-20-16/h2-9H,1H3,(H,18,21)(H,19,20). The number of rotatable bonds is 2. The molecule has 0 saturated heterocycles. The number of fused-ring (bicyclic) bond motifs is 2. The van der Waals surface area contributed by atoms with E-state index >= 15 is 0 Å². The van der Waals surface area contributed by atoms with Crippen molar-refractivity contribution in [3.63, 3.8) is 0 Å². The van der Waals surface area contributed by atoms with E-state index in [9.17, 15) is 4.79 Å². The first kappa shape index (κ1) is 12.6. The monoisotopic (exact) mass is 291 g/mol. The van der Waals surface area contributed by atoms with E-state index < -0.39 is 0 Å². The number of benzene rings is 2. The van der Waals surface area contributed by atoms with Crippen molar-refractivity contribution in [2.24, 2.45) is 0 Å². The number of anilines is 1. The summed E-state index contributed by atoms with van der Waals surface area (Å²) in [6.07, 6.45) is 0. The summed E-state index contributed by atoms with van der Waals surface area (Å²) in [5.41, 5.74) is 2.75. The Hall–Kier alpha value is -3.08. The van der Waals surface area contributed by atoms with Gasteiger partial charge in [-0.15, -0.1) is 0 Å². The maximum atomic E-state index is 12.4. The van der Waals surface area contributed by atoms with Crippen LogP contribution in [0, 0.1) is 6.92 Å². The van der Waals surface area contributed by atoms with Crippen molar-refractivity contribution in [2.75, 3.05) is 5.32 Å². The quantitative estimate of drug-likeness (QED) is 0.589. The summed E-state index contributed by atoms with van der Waals surface area (Å²) in [6, 6.07) is 15.0. The van der Waals surface area contributed by atoms with E-state index in [1.54, 1.807) is 0 Å². The molecule has 2 aromatic heterocycles. The number of H-pyrrole nitrogens is 1. The third kappa shape index (κ3) is 2.03. The van der Waals surface area contributed by atoms with E-state index in [1.165, 1.54) is 0 Å². The van der Waals surface area contributed by atoms with Crippen molar-refractivity contribution in [3.8, 4) is 0 Å². The normalized spacial score (nSPS) is 11.1. The van der Waals surface area contributed by atoms with Gasteiger partial charge in [0.05, 0.1) is 5.52 Å². The smallest absolute Gasteiger partial charge is 0.276 e. The van der Waals surface area contributed by atoms with E-state index in [1.807, 2.05) is 55.5 Å². The Morgan fingerprint density at radius 2 is 2.05 bits per heavy atom. The zero-order valence-corrected chi connectivity index (χ0v) is 11.9. The predicted molar refractivity (Wildman–Crippen MR) is 85.0 cm³/mol. The fraction of sp³-hybridized carbons (Fsp3) is 0.0588. The van der Waals surface area contributed by atoms with Crippen LogP contribution < -0.4 is 5.32 Å². The molecule has 4 rings (SSSR count). The van der Waals surface area contributed by atoms with Crippen LogP contribution >= 0.6 is 0 Å². The highest BCUT2D eigenvalue weighted by molar-refractivity contribution is 6.11. The number of hydrogen-bond acceptors (Lipinski definition) is 3. The van der Waals surface area contributed by atoms with Gasteiger partial charge in [-0.3, -0.25) is 9.89 Å². The number of para-hydroxylation sites is 1. The molecule has 22 heavy (non-hydrogen) atoms. The van der Waals surface area contributed by atoms with Gasteiger partial charge < -0.3 is 9.73 Å². The third-order valence-electron chi connectivity index (χ3n) is 3.58. The van der Waals surface area contributed by atoms with Gasteiger partial charge in [0.25, 0.3) is 5.91 Å². The second kappa shape index (κ2) is 4.73. The Bertz CT molecular complexity index is 997. The molecule has 0 unspecified atom stereocenters. The fourth-order valence-corrected chi connectivity index (χ4v) is 2.58. The van der Waals surface area contributed by atoms with E-state index in [0.717, 1.165) is 27.6 Å². The molecule has 0 radical (unpaired) electrons. The number of amides is 1. The van der Waals surface area contributed by atoms with Crippen LogP contribution in [0.15, 0.2) is 52.9 Å². The molecule has 0 aliphatic carbocycles. The summed E-state index contributed by atoms with van der Waals surface area (Å²) in [4.78, 5) is 12.4. The van der Waals surface area contributed by atoms with Gasteiger partial charge in [-0.1, -0.05) is 18.2 Å². The Kier molecular flexibility index (Phi) is 2.72. The van der Waals surface area contributed by atoms with E-state index in [2.05, 4.69) is 15.5 Å². The van der Waals surface area contributed by atoms with Gasteiger partial charge in [-0.2, -0.15) is 5.10 Å². The Morgan fingerprint density at radius 3 is 2.95 bits per heavy atom. The molecule has 4 aromatic rings. The second-order valence-electron chi connectivity index (χ2n) is 5.18. The molecular weight excluding hydrogens is 278 g/mol. The van der Waals surface area contributed by atoms with Gasteiger partial charge in [0.1, 0.15) is 11.3 Å². The van der Waals surface area contributed by atoms with Gasteiger partial charge >= 0.3 is 0 Å². The lowest BCUT2D eigenvalue weighted by Crippen LogP contribution is -2.12. The highest BCUT2D eigenvalue weighted by Gasteiger charge is 2.14. The van der Waals surface area contributed by atoms with Crippen molar-refractivity contribution in [2.45, 2.75) is 6.92 Å². The van der Waals surface area contributed by atoms with Crippen LogP contribution in [0.4, 0.5) is 5.69 Å². The SMILES string of the molecule is Cc1cc2cc(NC(=O)c3n[nH]c4ccccc34)ccc2o1. The number of nitrogens with zero attached hydrogens (tertiary/aromatic N) is 1.